The van der Waals surface area contributed by atoms with Gasteiger partial charge in [-0.2, -0.15) is 0 Å². The van der Waals surface area contributed by atoms with Crippen LogP contribution in [-0.4, -0.2) is 24.4 Å². The molecule has 0 amide bonds. The Bertz CT molecular complexity index is 355. The van der Waals surface area contributed by atoms with E-state index in [9.17, 15) is 5.11 Å². The van der Waals surface area contributed by atoms with E-state index in [0.29, 0.717) is 6.61 Å². The van der Waals surface area contributed by atoms with Crippen molar-refractivity contribution in [1.82, 2.24) is 0 Å². The van der Waals surface area contributed by atoms with Crippen molar-refractivity contribution < 1.29 is 14.6 Å². The molecule has 1 aromatic rings. The van der Waals surface area contributed by atoms with Crippen LogP contribution in [0, 0.1) is 5.92 Å². The van der Waals surface area contributed by atoms with Gasteiger partial charge in [-0.3, -0.25) is 0 Å². The molecule has 1 saturated carbocycles. The molecule has 1 N–H and O–H groups in total. The van der Waals surface area contributed by atoms with E-state index in [1.54, 1.807) is 0 Å². The number of benzene rings is 1. The molecule has 1 aromatic carbocycles. The monoisotopic (exact) mass is 250 g/mol. The van der Waals surface area contributed by atoms with Crippen molar-refractivity contribution in [3.8, 4) is 5.75 Å². The summed E-state index contributed by atoms with van der Waals surface area (Å²) >= 11 is 0. The first-order chi connectivity index (χ1) is 8.65. The first-order valence-electron chi connectivity index (χ1n) is 6.67. The third-order valence-electron chi connectivity index (χ3n) is 2.96. The zero-order valence-electron chi connectivity index (χ0n) is 11.1. The van der Waals surface area contributed by atoms with Gasteiger partial charge in [0.15, 0.2) is 0 Å². The maximum atomic E-state index is 9.96. The van der Waals surface area contributed by atoms with E-state index in [-0.39, 0.29) is 6.10 Å². The topological polar surface area (TPSA) is 38.7 Å². The fourth-order valence-corrected chi connectivity index (χ4v) is 1.77. The average molecular weight is 250 g/mol. The second-order valence-electron chi connectivity index (χ2n) is 5.23. The van der Waals surface area contributed by atoms with Crippen LogP contribution in [0.2, 0.25) is 0 Å². The van der Waals surface area contributed by atoms with Gasteiger partial charge in [0.25, 0.3) is 0 Å². The van der Waals surface area contributed by atoms with E-state index in [4.69, 9.17) is 9.47 Å². The Hall–Kier alpha value is -1.06. The van der Waals surface area contributed by atoms with Crippen LogP contribution in [0.25, 0.3) is 0 Å². The fraction of sp³-hybridized carbons (Fsp3) is 0.600. The standard InChI is InChI=1S/C15H22O3/c1-11(2)18-14-7-5-13(6-8-14)15(16)10-17-9-12-3-4-12/h5-8,11-12,15-16H,3-4,9-10H2,1-2H3. The highest BCUT2D eigenvalue weighted by molar-refractivity contribution is 5.28. The van der Waals surface area contributed by atoms with Crippen LogP contribution in [0.1, 0.15) is 38.4 Å². The second kappa shape index (κ2) is 6.21. The van der Waals surface area contributed by atoms with Gasteiger partial charge in [-0.05, 0) is 50.3 Å². The molecule has 0 spiro atoms. The van der Waals surface area contributed by atoms with E-state index >= 15 is 0 Å². The van der Waals surface area contributed by atoms with Gasteiger partial charge in [-0.1, -0.05) is 12.1 Å². The Morgan fingerprint density at radius 1 is 1.22 bits per heavy atom. The Morgan fingerprint density at radius 2 is 1.89 bits per heavy atom. The SMILES string of the molecule is CC(C)Oc1ccc(C(O)COCC2CC2)cc1. The van der Waals surface area contributed by atoms with E-state index < -0.39 is 6.10 Å². The highest BCUT2D eigenvalue weighted by atomic mass is 16.5. The van der Waals surface area contributed by atoms with Gasteiger partial charge >= 0.3 is 0 Å². The van der Waals surface area contributed by atoms with Gasteiger partial charge in [0, 0.05) is 6.61 Å². The maximum Gasteiger partial charge on any atom is 0.119 e. The molecule has 0 aromatic heterocycles. The number of ether oxygens (including phenoxy) is 2. The van der Waals surface area contributed by atoms with Crippen molar-refractivity contribution in [2.75, 3.05) is 13.2 Å². The lowest BCUT2D eigenvalue weighted by molar-refractivity contribution is 0.0314. The summed E-state index contributed by atoms with van der Waals surface area (Å²) in [4.78, 5) is 0. The largest absolute Gasteiger partial charge is 0.491 e. The molecule has 1 atom stereocenters. The van der Waals surface area contributed by atoms with Gasteiger partial charge in [-0.25, -0.2) is 0 Å². The number of hydrogen-bond donors (Lipinski definition) is 1. The quantitative estimate of drug-likeness (QED) is 0.808. The van der Waals surface area contributed by atoms with E-state index in [0.717, 1.165) is 23.8 Å². The van der Waals surface area contributed by atoms with Gasteiger partial charge in [0.05, 0.1) is 12.7 Å². The smallest absolute Gasteiger partial charge is 0.119 e. The third-order valence-corrected chi connectivity index (χ3v) is 2.96. The normalized spacial score (nSPS) is 16.9. The molecular weight excluding hydrogens is 228 g/mol. The van der Waals surface area contributed by atoms with Crippen LogP contribution in [-0.2, 0) is 4.74 Å². The number of aliphatic hydroxyl groups is 1. The lowest BCUT2D eigenvalue weighted by atomic mass is 10.1. The molecule has 0 bridgehead atoms. The van der Waals surface area contributed by atoms with Gasteiger partial charge in [-0.15, -0.1) is 0 Å². The van der Waals surface area contributed by atoms with Crippen LogP contribution in [0.5, 0.6) is 5.75 Å². The summed E-state index contributed by atoms with van der Waals surface area (Å²) in [6.07, 6.45) is 2.17. The van der Waals surface area contributed by atoms with Crippen LogP contribution in [0.15, 0.2) is 24.3 Å². The molecule has 0 heterocycles. The molecule has 100 valence electrons. The summed E-state index contributed by atoms with van der Waals surface area (Å²) in [5.74, 6) is 1.57. The van der Waals surface area contributed by atoms with Crippen molar-refractivity contribution in [3.63, 3.8) is 0 Å². The van der Waals surface area contributed by atoms with Crippen LogP contribution in [0.4, 0.5) is 0 Å². The summed E-state index contributed by atoms with van der Waals surface area (Å²) < 4.78 is 11.0. The Balaban J connectivity index is 1.79. The van der Waals surface area contributed by atoms with Crippen molar-refractivity contribution in [2.45, 2.75) is 38.9 Å². The molecule has 3 nitrogen and oxygen atoms in total. The highest BCUT2D eigenvalue weighted by Gasteiger charge is 2.21. The Labute approximate surface area is 109 Å². The Morgan fingerprint density at radius 3 is 2.44 bits per heavy atom. The maximum absolute atomic E-state index is 9.96. The van der Waals surface area contributed by atoms with Crippen LogP contribution < -0.4 is 4.74 Å². The second-order valence-corrected chi connectivity index (χ2v) is 5.23. The third kappa shape index (κ3) is 4.31. The summed E-state index contributed by atoms with van der Waals surface area (Å²) in [7, 11) is 0. The average Bonchev–Trinajstić information content (AvgIpc) is 3.13. The van der Waals surface area contributed by atoms with Crippen molar-refractivity contribution in [1.29, 1.82) is 0 Å². The number of hydrogen-bond acceptors (Lipinski definition) is 3. The number of rotatable bonds is 7. The molecule has 1 unspecified atom stereocenters. The number of aliphatic hydroxyl groups excluding tert-OH is 1. The van der Waals surface area contributed by atoms with Crippen LogP contribution >= 0.6 is 0 Å². The zero-order valence-corrected chi connectivity index (χ0v) is 11.1. The van der Waals surface area contributed by atoms with Crippen molar-refractivity contribution in [3.05, 3.63) is 29.8 Å². The molecule has 3 heteroatoms. The van der Waals surface area contributed by atoms with Gasteiger partial charge in [0.1, 0.15) is 11.9 Å². The van der Waals surface area contributed by atoms with E-state index in [1.807, 2.05) is 38.1 Å². The lowest BCUT2D eigenvalue weighted by Crippen LogP contribution is -2.09. The molecule has 0 radical (unpaired) electrons. The van der Waals surface area contributed by atoms with E-state index in [2.05, 4.69) is 0 Å². The molecule has 0 saturated heterocycles. The van der Waals surface area contributed by atoms with Gasteiger partial charge < -0.3 is 14.6 Å². The Kier molecular flexibility index (Phi) is 4.61. The lowest BCUT2D eigenvalue weighted by Gasteiger charge is -2.13. The minimum absolute atomic E-state index is 0.169. The highest BCUT2D eigenvalue weighted by Crippen LogP contribution is 2.29. The predicted molar refractivity (Wildman–Crippen MR) is 70.7 cm³/mol. The molecule has 1 aliphatic carbocycles. The summed E-state index contributed by atoms with van der Waals surface area (Å²) in [5.41, 5.74) is 0.877. The predicted octanol–water partition coefficient (Wildman–Crippen LogP) is 2.93. The minimum atomic E-state index is -0.545. The van der Waals surface area contributed by atoms with Crippen molar-refractivity contribution >= 4 is 0 Å². The molecule has 1 aliphatic rings. The summed E-state index contributed by atoms with van der Waals surface area (Å²) in [6, 6.07) is 7.56. The molecule has 1 fully saturated rings. The fourth-order valence-electron chi connectivity index (χ4n) is 1.77. The summed E-state index contributed by atoms with van der Waals surface area (Å²) in [5, 5.41) is 9.96. The van der Waals surface area contributed by atoms with Crippen LogP contribution in [0.3, 0.4) is 0 Å². The van der Waals surface area contributed by atoms with Gasteiger partial charge in [0.2, 0.25) is 0 Å². The molecule has 18 heavy (non-hydrogen) atoms. The molecular formula is C15H22O3. The first kappa shape index (κ1) is 13.4. The zero-order chi connectivity index (χ0) is 13.0. The molecule has 0 aliphatic heterocycles. The summed E-state index contributed by atoms with van der Waals surface area (Å²) in [6.45, 7) is 5.15. The first-order valence-corrected chi connectivity index (χ1v) is 6.67. The van der Waals surface area contributed by atoms with Crippen molar-refractivity contribution in [2.24, 2.45) is 5.92 Å². The van der Waals surface area contributed by atoms with E-state index in [1.165, 1.54) is 12.8 Å². The minimum Gasteiger partial charge on any atom is -0.491 e. The molecule has 2 rings (SSSR count).